The Balaban J connectivity index is 1.47. The Kier molecular flexibility index (Phi) is 12.1. The van der Waals surface area contributed by atoms with Crippen molar-refractivity contribution in [3.63, 3.8) is 0 Å². The van der Waals surface area contributed by atoms with E-state index in [1.165, 1.54) is 21.2 Å². The SMILES string of the molecule is CCn1c(-c2cccnc2[C@H](C)OC)c2c3cc(ccc31)-c1csc(n1)C[C@H](NC(=O)N(C)[C@@H](C)COC)C(=O)N1CCC[C@H](N1)C(=O)OCC(C)(C)C2. The van der Waals surface area contributed by atoms with Crippen molar-refractivity contribution in [2.45, 2.75) is 91.1 Å². The van der Waals surface area contributed by atoms with Crippen LogP contribution in [0.3, 0.4) is 0 Å². The topological polar surface area (TPSA) is 140 Å². The molecule has 0 spiro atoms. The van der Waals surface area contributed by atoms with Gasteiger partial charge in [0.15, 0.2) is 0 Å². The summed E-state index contributed by atoms with van der Waals surface area (Å²) in [5.41, 5.74) is 9.52. The van der Waals surface area contributed by atoms with E-state index in [4.69, 9.17) is 24.2 Å². The molecule has 3 aromatic heterocycles. The van der Waals surface area contributed by atoms with E-state index in [-0.39, 0.29) is 31.1 Å². The third-order valence-corrected chi connectivity index (χ3v) is 11.4. The van der Waals surface area contributed by atoms with Crippen molar-refractivity contribution in [3.8, 4) is 22.5 Å². The lowest BCUT2D eigenvalue weighted by Crippen LogP contribution is -2.61. The molecule has 2 aliphatic heterocycles. The zero-order valence-electron chi connectivity index (χ0n) is 32.6. The van der Waals surface area contributed by atoms with Gasteiger partial charge in [-0.15, -0.1) is 11.3 Å². The van der Waals surface area contributed by atoms with Gasteiger partial charge < -0.3 is 29.0 Å². The zero-order chi connectivity index (χ0) is 38.7. The fraction of sp³-hybridized carbons (Fsp3) is 0.525. The van der Waals surface area contributed by atoms with Gasteiger partial charge in [-0.05, 0) is 69.9 Å². The maximum atomic E-state index is 14.2. The van der Waals surface area contributed by atoms with Crippen molar-refractivity contribution < 1.29 is 28.6 Å². The third kappa shape index (κ3) is 8.16. The largest absolute Gasteiger partial charge is 0.464 e. The second-order valence-corrected chi connectivity index (χ2v) is 16.1. The number of amides is 3. The van der Waals surface area contributed by atoms with E-state index in [0.717, 1.165) is 51.2 Å². The molecule has 4 atom stereocenters. The second-order valence-electron chi connectivity index (χ2n) is 15.1. The van der Waals surface area contributed by atoms with Crippen molar-refractivity contribution >= 4 is 40.1 Å². The van der Waals surface area contributed by atoms with E-state index in [1.54, 1.807) is 27.5 Å². The molecular formula is C40H53N7O6S. The summed E-state index contributed by atoms with van der Waals surface area (Å²) in [4.78, 5) is 52.6. The monoisotopic (exact) mass is 759 g/mol. The molecule has 5 heterocycles. The summed E-state index contributed by atoms with van der Waals surface area (Å²) >= 11 is 1.45. The minimum Gasteiger partial charge on any atom is -0.464 e. The number of fused-ring (bicyclic) bond motifs is 6. The average Bonchev–Trinajstić information content (AvgIpc) is 3.77. The van der Waals surface area contributed by atoms with Gasteiger partial charge in [0.05, 0.1) is 47.4 Å². The molecule has 2 aliphatic rings. The first kappa shape index (κ1) is 39.3. The predicted octanol–water partition coefficient (Wildman–Crippen LogP) is 5.76. The molecule has 13 nitrogen and oxygen atoms in total. The summed E-state index contributed by atoms with van der Waals surface area (Å²) in [5, 5.41) is 8.19. The Bertz CT molecular complexity index is 1990. The van der Waals surface area contributed by atoms with E-state index in [1.807, 2.05) is 25.3 Å². The van der Waals surface area contributed by atoms with Crippen LogP contribution < -0.4 is 10.7 Å². The molecule has 290 valence electrons. The number of carbonyl (C=O) groups excluding carboxylic acids is 3. The molecule has 0 aliphatic carbocycles. The van der Waals surface area contributed by atoms with Crippen LogP contribution in [0.25, 0.3) is 33.4 Å². The molecule has 6 rings (SSSR count). The van der Waals surface area contributed by atoms with Gasteiger partial charge in [0.1, 0.15) is 12.1 Å². The first-order chi connectivity index (χ1) is 25.8. The van der Waals surface area contributed by atoms with E-state index in [0.29, 0.717) is 37.4 Å². The number of carbonyl (C=O) groups is 3. The van der Waals surface area contributed by atoms with Crippen molar-refractivity contribution in [1.29, 1.82) is 0 Å². The standard InChI is InChI=1S/C40H53N7O6S/c1-9-46-33-15-14-26-18-28(33)29(36(46)27-12-10-16-41-35(27)25(3)52-8)20-40(4,5)23-53-38(49)30-13-11-17-47(44-30)37(48)31(19-34-42-32(26)22-54-34)43-39(50)45(6)24(2)21-51-7/h10,12,14-16,18,22,24-25,30-31,44H,9,11,13,17,19-21,23H2,1-8H3,(H,43,50)/t24-,25-,30-,31-/m0/s1. The van der Waals surface area contributed by atoms with Gasteiger partial charge in [0, 0.05) is 79.8 Å². The van der Waals surface area contributed by atoms with Crippen LogP contribution in [0.15, 0.2) is 41.9 Å². The lowest BCUT2D eigenvalue weighted by atomic mass is 9.84. The predicted molar refractivity (Wildman–Crippen MR) is 209 cm³/mol. The summed E-state index contributed by atoms with van der Waals surface area (Å²) in [6, 6.07) is 8.21. The Labute approximate surface area is 321 Å². The number of ether oxygens (including phenoxy) is 3. The molecule has 0 radical (unpaired) electrons. The van der Waals surface area contributed by atoms with Gasteiger partial charge in [-0.2, -0.15) is 0 Å². The number of urea groups is 1. The fourth-order valence-electron chi connectivity index (χ4n) is 7.37. The minimum absolute atomic E-state index is 0.171. The number of thiazole rings is 1. The molecular weight excluding hydrogens is 707 g/mol. The van der Waals surface area contributed by atoms with Gasteiger partial charge in [0.25, 0.3) is 5.91 Å². The Morgan fingerprint density at radius 3 is 2.76 bits per heavy atom. The summed E-state index contributed by atoms with van der Waals surface area (Å²) in [5.74, 6) is -0.758. The van der Waals surface area contributed by atoms with Crippen LogP contribution in [0.1, 0.15) is 69.8 Å². The van der Waals surface area contributed by atoms with E-state index >= 15 is 0 Å². The van der Waals surface area contributed by atoms with E-state index in [9.17, 15) is 14.4 Å². The van der Waals surface area contributed by atoms with Crippen LogP contribution >= 0.6 is 11.3 Å². The Morgan fingerprint density at radius 1 is 1.22 bits per heavy atom. The number of methoxy groups -OCH3 is 2. The second kappa shape index (κ2) is 16.6. The number of pyridine rings is 1. The molecule has 1 saturated heterocycles. The number of cyclic esters (lactones) is 1. The summed E-state index contributed by atoms with van der Waals surface area (Å²) in [6.45, 7) is 11.9. The number of likely N-dealkylation sites (N-methyl/N-ethyl adjacent to an activating group) is 1. The first-order valence-electron chi connectivity index (χ1n) is 18.7. The van der Waals surface area contributed by atoms with Crippen LogP contribution in [-0.2, 0) is 43.2 Å². The molecule has 1 aromatic carbocycles. The van der Waals surface area contributed by atoms with Crippen molar-refractivity contribution in [2.75, 3.05) is 41.0 Å². The third-order valence-electron chi connectivity index (χ3n) is 10.5. The number of nitrogens with one attached hydrogen (secondary N) is 2. The Hall–Kier alpha value is -4.37. The first-order valence-corrected chi connectivity index (χ1v) is 19.6. The van der Waals surface area contributed by atoms with Crippen molar-refractivity contribution in [2.24, 2.45) is 5.41 Å². The van der Waals surface area contributed by atoms with Crippen molar-refractivity contribution in [1.82, 2.24) is 35.2 Å². The lowest BCUT2D eigenvalue weighted by Gasteiger charge is -2.36. The van der Waals surface area contributed by atoms with Crippen LogP contribution in [0.4, 0.5) is 4.79 Å². The molecule has 54 heavy (non-hydrogen) atoms. The number of aryl methyl sites for hydroxylation is 1. The van der Waals surface area contributed by atoms with Gasteiger partial charge >= 0.3 is 12.0 Å². The molecule has 6 bridgehead atoms. The molecule has 1 fully saturated rings. The molecule has 0 unspecified atom stereocenters. The minimum atomic E-state index is -0.938. The number of benzene rings is 1. The molecule has 0 saturated carbocycles. The highest BCUT2D eigenvalue weighted by Gasteiger charge is 2.36. The lowest BCUT2D eigenvalue weighted by molar-refractivity contribution is -0.155. The highest BCUT2D eigenvalue weighted by molar-refractivity contribution is 7.10. The molecule has 14 heteroatoms. The maximum absolute atomic E-state index is 14.2. The quantitative estimate of drug-likeness (QED) is 0.215. The van der Waals surface area contributed by atoms with Gasteiger partial charge in [-0.1, -0.05) is 19.9 Å². The number of esters is 1. The number of nitrogens with zero attached hydrogens (tertiary/aromatic N) is 5. The summed E-state index contributed by atoms with van der Waals surface area (Å²) in [6.07, 6.45) is 3.48. The normalized spacial score (nSPS) is 20.3. The fourth-order valence-corrected chi connectivity index (χ4v) is 8.22. The zero-order valence-corrected chi connectivity index (χ0v) is 33.4. The number of rotatable bonds is 8. The van der Waals surface area contributed by atoms with E-state index < -0.39 is 29.5 Å². The van der Waals surface area contributed by atoms with Gasteiger partial charge in [-0.3, -0.25) is 19.6 Å². The highest BCUT2D eigenvalue weighted by atomic mass is 32.1. The maximum Gasteiger partial charge on any atom is 0.324 e. The van der Waals surface area contributed by atoms with E-state index in [2.05, 4.69) is 60.3 Å². The van der Waals surface area contributed by atoms with Gasteiger partial charge in [-0.25, -0.2) is 15.2 Å². The number of aromatic nitrogens is 3. The van der Waals surface area contributed by atoms with Crippen LogP contribution in [0.2, 0.25) is 0 Å². The summed E-state index contributed by atoms with van der Waals surface area (Å²) < 4.78 is 19.4. The smallest absolute Gasteiger partial charge is 0.324 e. The average molecular weight is 760 g/mol. The van der Waals surface area contributed by atoms with Crippen LogP contribution in [0, 0.1) is 5.41 Å². The highest BCUT2D eigenvalue weighted by Crippen LogP contribution is 2.42. The molecule has 3 amide bonds. The molecule has 4 aromatic rings. The number of hydrogen-bond acceptors (Lipinski definition) is 10. The van der Waals surface area contributed by atoms with Crippen LogP contribution in [-0.4, -0.2) is 102 Å². The Morgan fingerprint density at radius 2 is 2.02 bits per heavy atom. The number of hydrogen-bond donors (Lipinski definition) is 2. The van der Waals surface area contributed by atoms with Crippen molar-refractivity contribution in [3.05, 3.63) is 58.2 Å². The summed E-state index contributed by atoms with van der Waals surface area (Å²) in [7, 11) is 4.95. The number of hydrazine groups is 1. The van der Waals surface area contributed by atoms with Crippen LogP contribution in [0.5, 0.6) is 0 Å². The van der Waals surface area contributed by atoms with Gasteiger partial charge in [0.2, 0.25) is 0 Å². The molecule has 2 N–H and O–H groups in total.